The summed E-state index contributed by atoms with van der Waals surface area (Å²) in [6, 6.07) is 5.93. The first kappa shape index (κ1) is 19.7. The average Bonchev–Trinajstić information content (AvgIpc) is 2.93. The molecular formula is C20H21FN2O5. The van der Waals surface area contributed by atoms with Crippen LogP contribution in [0.15, 0.2) is 36.4 Å². The Morgan fingerprint density at radius 3 is 2.29 bits per heavy atom. The van der Waals surface area contributed by atoms with Gasteiger partial charge in [0.05, 0.1) is 11.8 Å². The Labute approximate surface area is 161 Å². The summed E-state index contributed by atoms with van der Waals surface area (Å²) >= 11 is 0. The lowest BCUT2D eigenvalue weighted by Gasteiger charge is -2.14. The second kappa shape index (κ2) is 8.77. The molecule has 148 valence electrons. The number of nitrogens with one attached hydrogen (secondary N) is 1. The molecule has 1 aromatic carbocycles. The maximum atomic E-state index is 12.8. The van der Waals surface area contributed by atoms with Gasteiger partial charge in [-0.05, 0) is 37.0 Å². The van der Waals surface area contributed by atoms with Crippen molar-refractivity contribution >= 4 is 23.7 Å². The predicted molar refractivity (Wildman–Crippen MR) is 96.1 cm³/mol. The number of carbonyl (C=O) groups excluding carboxylic acids is 4. The lowest BCUT2D eigenvalue weighted by molar-refractivity contribution is -0.154. The van der Waals surface area contributed by atoms with Gasteiger partial charge in [0.25, 0.3) is 5.91 Å². The number of rotatable bonds is 7. The molecule has 1 aromatic rings. The van der Waals surface area contributed by atoms with Crippen LogP contribution in [0.2, 0.25) is 0 Å². The van der Waals surface area contributed by atoms with Crippen LogP contribution in [0.3, 0.4) is 0 Å². The van der Waals surface area contributed by atoms with Crippen LogP contribution in [0.5, 0.6) is 0 Å². The van der Waals surface area contributed by atoms with Gasteiger partial charge in [-0.25, -0.2) is 4.39 Å². The molecule has 0 aromatic heterocycles. The molecule has 1 saturated heterocycles. The van der Waals surface area contributed by atoms with E-state index in [2.05, 4.69) is 5.32 Å². The van der Waals surface area contributed by atoms with Crippen LogP contribution < -0.4 is 5.32 Å². The second-order valence-corrected chi connectivity index (χ2v) is 6.81. The van der Waals surface area contributed by atoms with Gasteiger partial charge in [0.1, 0.15) is 12.4 Å². The molecule has 8 heteroatoms. The van der Waals surface area contributed by atoms with Crippen LogP contribution in [0.25, 0.3) is 0 Å². The molecule has 1 fully saturated rings. The van der Waals surface area contributed by atoms with Crippen LogP contribution in [0.1, 0.15) is 18.4 Å². The molecule has 2 atom stereocenters. The van der Waals surface area contributed by atoms with E-state index in [1.165, 1.54) is 12.1 Å². The summed E-state index contributed by atoms with van der Waals surface area (Å²) in [5.41, 5.74) is 0.862. The fourth-order valence-corrected chi connectivity index (χ4v) is 3.39. The topological polar surface area (TPSA) is 92.8 Å². The van der Waals surface area contributed by atoms with Crippen LogP contribution in [-0.4, -0.2) is 48.3 Å². The van der Waals surface area contributed by atoms with Crippen molar-refractivity contribution < 1.29 is 28.3 Å². The minimum Gasteiger partial charge on any atom is -0.454 e. The molecule has 0 bridgehead atoms. The number of hydrogen-bond donors (Lipinski definition) is 1. The van der Waals surface area contributed by atoms with Gasteiger partial charge in [0.15, 0.2) is 6.61 Å². The fraction of sp³-hybridized carbons (Fsp3) is 0.400. The molecule has 1 aliphatic carbocycles. The summed E-state index contributed by atoms with van der Waals surface area (Å²) in [4.78, 5) is 49.2. The first-order valence-corrected chi connectivity index (χ1v) is 9.12. The average molecular weight is 388 g/mol. The Kier molecular flexibility index (Phi) is 6.18. The zero-order valence-electron chi connectivity index (χ0n) is 15.2. The molecule has 1 heterocycles. The maximum Gasteiger partial charge on any atom is 0.326 e. The lowest BCUT2D eigenvalue weighted by atomic mass is 9.85. The summed E-state index contributed by atoms with van der Waals surface area (Å²) in [6.45, 7) is -0.665. The molecule has 0 spiro atoms. The Morgan fingerprint density at radius 2 is 1.68 bits per heavy atom. The van der Waals surface area contributed by atoms with Gasteiger partial charge in [-0.2, -0.15) is 0 Å². The number of nitrogens with zero attached hydrogens (tertiary/aromatic N) is 1. The number of allylic oxidation sites excluding steroid dienone is 2. The highest BCUT2D eigenvalue weighted by Gasteiger charge is 2.47. The van der Waals surface area contributed by atoms with E-state index in [1.54, 1.807) is 12.1 Å². The molecule has 2 aliphatic rings. The van der Waals surface area contributed by atoms with E-state index in [4.69, 9.17) is 4.74 Å². The third kappa shape index (κ3) is 4.62. The number of benzene rings is 1. The van der Waals surface area contributed by atoms with E-state index in [0.29, 0.717) is 25.8 Å². The van der Waals surface area contributed by atoms with Crippen molar-refractivity contribution in [3.05, 3.63) is 47.8 Å². The third-order valence-corrected chi connectivity index (χ3v) is 4.90. The number of ether oxygens (including phenoxy) is 1. The second-order valence-electron chi connectivity index (χ2n) is 6.81. The van der Waals surface area contributed by atoms with Crippen molar-refractivity contribution in [3.8, 4) is 0 Å². The maximum absolute atomic E-state index is 12.8. The van der Waals surface area contributed by atoms with Gasteiger partial charge in [0, 0.05) is 6.54 Å². The fourth-order valence-electron chi connectivity index (χ4n) is 3.39. The van der Waals surface area contributed by atoms with Crippen molar-refractivity contribution in [2.75, 3.05) is 19.7 Å². The van der Waals surface area contributed by atoms with E-state index < -0.39 is 36.9 Å². The SMILES string of the molecule is O=C(COC(=O)CN1C(=O)[C@@H]2CC=CC[C@H]2C1=O)NCCc1ccc(F)cc1. The predicted octanol–water partition coefficient (Wildman–Crippen LogP) is 0.979. The van der Waals surface area contributed by atoms with Gasteiger partial charge in [0.2, 0.25) is 11.8 Å². The van der Waals surface area contributed by atoms with E-state index >= 15 is 0 Å². The Morgan fingerprint density at radius 1 is 1.07 bits per heavy atom. The van der Waals surface area contributed by atoms with Crippen LogP contribution in [-0.2, 0) is 30.3 Å². The molecular weight excluding hydrogens is 367 g/mol. The molecule has 0 unspecified atom stereocenters. The van der Waals surface area contributed by atoms with Crippen molar-refractivity contribution in [1.29, 1.82) is 0 Å². The number of carbonyl (C=O) groups is 4. The van der Waals surface area contributed by atoms with Crippen molar-refractivity contribution in [3.63, 3.8) is 0 Å². The molecule has 3 rings (SSSR count). The van der Waals surface area contributed by atoms with E-state index in [1.807, 2.05) is 12.2 Å². The monoisotopic (exact) mass is 388 g/mol. The molecule has 1 aliphatic heterocycles. The van der Waals surface area contributed by atoms with Gasteiger partial charge in [-0.15, -0.1) is 0 Å². The minimum absolute atomic E-state index is 0.307. The van der Waals surface area contributed by atoms with Crippen LogP contribution >= 0.6 is 0 Å². The summed E-state index contributed by atoms with van der Waals surface area (Å²) in [5, 5.41) is 2.59. The van der Waals surface area contributed by atoms with E-state index in [9.17, 15) is 23.6 Å². The lowest BCUT2D eigenvalue weighted by Crippen LogP contribution is -2.38. The van der Waals surface area contributed by atoms with E-state index in [0.717, 1.165) is 10.5 Å². The van der Waals surface area contributed by atoms with Crippen molar-refractivity contribution in [2.45, 2.75) is 19.3 Å². The highest BCUT2D eigenvalue weighted by Crippen LogP contribution is 2.34. The Hall–Kier alpha value is -3.03. The number of esters is 1. The summed E-state index contributed by atoms with van der Waals surface area (Å²) < 4.78 is 17.7. The molecule has 0 saturated carbocycles. The third-order valence-electron chi connectivity index (χ3n) is 4.90. The zero-order valence-corrected chi connectivity index (χ0v) is 15.2. The summed E-state index contributed by atoms with van der Waals surface area (Å²) in [6.07, 6.45) is 5.23. The minimum atomic E-state index is -0.804. The Bertz CT molecular complexity index is 779. The molecule has 0 radical (unpaired) electrons. The quantitative estimate of drug-likeness (QED) is 0.427. The highest BCUT2D eigenvalue weighted by atomic mass is 19.1. The van der Waals surface area contributed by atoms with E-state index in [-0.39, 0.29) is 17.6 Å². The van der Waals surface area contributed by atoms with Crippen molar-refractivity contribution in [2.24, 2.45) is 11.8 Å². The number of fused-ring (bicyclic) bond motifs is 1. The Balaban J connectivity index is 1.38. The van der Waals surface area contributed by atoms with Crippen molar-refractivity contribution in [1.82, 2.24) is 10.2 Å². The number of hydrogen-bond acceptors (Lipinski definition) is 5. The normalized spacial score (nSPS) is 20.8. The van der Waals surface area contributed by atoms with Crippen LogP contribution in [0, 0.1) is 17.7 Å². The molecule has 1 N–H and O–H groups in total. The molecule has 3 amide bonds. The zero-order chi connectivity index (χ0) is 20.1. The largest absolute Gasteiger partial charge is 0.454 e. The number of imide groups is 1. The molecule has 28 heavy (non-hydrogen) atoms. The standard InChI is InChI=1S/C20H21FN2O5/c21-14-7-5-13(6-8-14)9-10-22-17(24)12-28-18(25)11-23-19(26)15-3-1-2-4-16(15)20(23)27/h1-2,5-8,15-16H,3-4,9-12H2,(H,22,24)/t15-,16-/m1/s1. The highest BCUT2D eigenvalue weighted by molar-refractivity contribution is 6.07. The number of halogens is 1. The first-order chi connectivity index (χ1) is 13.5. The first-order valence-electron chi connectivity index (χ1n) is 9.12. The summed E-state index contributed by atoms with van der Waals surface area (Å²) in [7, 11) is 0. The van der Waals surface area contributed by atoms with Gasteiger partial charge >= 0.3 is 5.97 Å². The summed E-state index contributed by atoms with van der Waals surface area (Å²) in [5.74, 6) is -3.15. The van der Waals surface area contributed by atoms with Gasteiger partial charge in [-0.3, -0.25) is 24.1 Å². The molecule has 7 nitrogen and oxygen atoms in total. The van der Waals surface area contributed by atoms with Crippen LogP contribution in [0.4, 0.5) is 4.39 Å². The van der Waals surface area contributed by atoms with Gasteiger partial charge in [-0.1, -0.05) is 24.3 Å². The number of likely N-dealkylation sites (tertiary alicyclic amines) is 1. The smallest absolute Gasteiger partial charge is 0.326 e. The number of amides is 3. The van der Waals surface area contributed by atoms with Gasteiger partial charge < -0.3 is 10.1 Å².